The second-order valence-electron chi connectivity index (χ2n) is 3.45. The molecule has 1 unspecified atom stereocenters. The van der Waals surface area contributed by atoms with Gasteiger partial charge in [0.15, 0.2) is 0 Å². The smallest absolute Gasteiger partial charge is 0.134 e. The molecule has 1 aliphatic rings. The number of nitrogens with two attached hydrogens (primary N) is 1. The number of hydrogen-bond acceptors (Lipinski definition) is 2. The number of rotatable bonds is 1. The number of hydrogen-bond donors (Lipinski definition) is 1. The molecule has 1 aromatic rings. The Bertz CT molecular complexity index is 377. The zero-order valence-electron chi connectivity index (χ0n) is 7.81. The molecule has 0 aliphatic carbocycles. The number of benzene rings is 1. The number of ether oxygens (including phenoxy) is 1. The third-order valence-electron chi connectivity index (χ3n) is 2.37. The van der Waals surface area contributed by atoms with E-state index in [1.807, 2.05) is 0 Å². The average molecular weight is 199 g/mol. The number of fused-ring (bicyclic) bond motifs is 1. The highest BCUT2D eigenvalue weighted by Crippen LogP contribution is 2.36. The molecule has 0 bridgehead atoms. The van der Waals surface area contributed by atoms with Crippen molar-refractivity contribution in [1.29, 1.82) is 0 Å². The molecule has 1 heterocycles. The fourth-order valence-corrected chi connectivity index (χ4v) is 1.73. The van der Waals surface area contributed by atoms with Gasteiger partial charge in [0, 0.05) is 29.7 Å². The van der Waals surface area contributed by atoms with Crippen LogP contribution in [-0.4, -0.2) is 6.61 Å². The first-order valence-electron chi connectivity index (χ1n) is 4.50. The van der Waals surface area contributed by atoms with Crippen LogP contribution >= 0.6 is 0 Å². The lowest BCUT2D eigenvalue weighted by Gasteiger charge is -2.12. The van der Waals surface area contributed by atoms with Crippen LogP contribution in [0.1, 0.15) is 24.1 Å². The lowest BCUT2D eigenvalue weighted by Crippen LogP contribution is -2.10. The van der Waals surface area contributed by atoms with Crippen molar-refractivity contribution in [3.8, 4) is 5.75 Å². The van der Waals surface area contributed by atoms with Crippen molar-refractivity contribution in [3.05, 3.63) is 28.8 Å². The maximum Gasteiger partial charge on any atom is 0.134 e. The van der Waals surface area contributed by atoms with Crippen molar-refractivity contribution in [2.45, 2.75) is 19.4 Å². The molecule has 2 nitrogen and oxygen atoms in total. The highest BCUT2D eigenvalue weighted by atomic mass is 19.1. The monoisotopic (exact) mass is 199 g/mol. The molecule has 1 aliphatic heterocycles. The van der Waals surface area contributed by atoms with E-state index in [4.69, 9.17) is 10.5 Å². The predicted octanol–water partition coefficient (Wildman–Crippen LogP) is 1.92. The minimum Gasteiger partial charge on any atom is -0.492 e. The standard InChI is InChI=1S/C10H11F2NO/c1-5(13)9-8(12)4-7(11)6-2-3-14-10(6)9/h4-5H,2-3,13H2,1H3. The molecule has 1 aromatic carbocycles. The summed E-state index contributed by atoms with van der Waals surface area (Å²) in [5.74, 6) is -0.866. The Kier molecular flexibility index (Phi) is 2.15. The summed E-state index contributed by atoms with van der Waals surface area (Å²) in [6.07, 6.45) is 0.487. The average Bonchev–Trinajstić information content (AvgIpc) is 2.51. The van der Waals surface area contributed by atoms with Crippen molar-refractivity contribution in [2.24, 2.45) is 5.73 Å². The Morgan fingerprint density at radius 1 is 1.43 bits per heavy atom. The first-order chi connectivity index (χ1) is 6.61. The summed E-state index contributed by atoms with van der Waals surface area (Å²) in [6, 6.07) is 0.397. The summed E-state index contributed by atoms with van der Waals surface area (Å²) in [6.45, 7) is 2.05. The van der Waals surface area contributed by atoms with E-state index < -0.39 is 17.7 Å². The van der Waals surface area contributed by atoms with E-state index in [0.29, 0.717) is 24.3 Å². The molecule has 0 amide bonds. The lowest BCUT2D eigenvalue weighted by atomic mass is 10.0. The molecule has 14 heavy (non-hydrogen) atoms. The fraction of sp³-hybridized carbons (Fsp3) is 0.400. The second-order valence-corrected chi connectivity index (χ2v) is 3.45. The molecular weight excluding hydrogens is 188 g/mol. The molecule has 0 saturated heterocycles. The van der Waals surface area contributed by atoms with Crippen molar-refractivity contribution in [1.82, 2.24) is 0 Å². The molecule has 0 radical (unpaired) electrons. The minimum absolute atomic E-state index is 0.277. The maximum atomic E-state index is 13.4. The van der Waals surface area contributed by atoms with Crippen LogP contribution in [0.5, 0.6) is 5.75 Å². The van der Waals surface area contributed by atoms with Gasteiger partial charge in [0.05, 0.1) is 6.61 Å². The van der Waals surface area contributed by atoms with Gasteiger partial charge in [0.2, 0.25) is 0 Å². The third-order valence-corrected chi connectivity index (χ3v) is 2.37. The maximum absolute atomic E-state index is 13.4. The molecule has 2 N–H and O–H groups in total. The second kappa shape index (κ2) is 3.20. The summed E-state index contributed by atoms with van der Waals surface area (Å²) in [7, 11) is 0. The van der Waals surface area contributed by atoms with Crippen LogP contribution < -0.4 is 10.5 Å². The molecule has 4 heteroatoms. The van der Waals surface area contributed by atoms with E-state index in [9.17, 15) is 8.78 Å². The zero-order valence-corrected chi connectivity index (χ0v) is 7.81. The largest absolute Gasteiger partial charge is 0.492 e. The first kappa shape index (κ1) is 9.40. The van der Waals surface area contributed by atoms with Gasteiger partial charge in [0.25, 0.3) is 0 Å². The van der Waals surface area contributed by atoms with Gasteiger partial charge in [-0.2, -0.15) is 0 Å². The van der Waals surface area contributed by atoms with Crippen molar-refractivity contribution < 1.29 is 13.5 Å². The summed E-state index contributed by atoms with van der Waals surface area (Å²) < 4.78 is 31.8. The molecule has 2 rings (SSSR count). The van der Waals surface area contributed by atoms with Crippen molar-refractivity contribution in [2.75, 3.05) is 6.61 Å². The molecule has 0 fully saturated rings. The highest BCUT2D eigenvalue weighted by molar-refractivity contribution is 5.47. The van der Waals surface area contributed by atoms with E-state index in [0.717, 1.165) is 6.07 Å². The van der Waals surface area contributed by atoms with Crippen LogP contribution in [0.4, 0.5) is 8.78 Å². The van der Waals surface area contributed by atoms with Crippen LogP contribution in [0.15, 0.2) is 6.07 Å². The summed E-state index contributed by atoms with van der Waals surface area (Å²) in [4.78, 5) is 0. The molecule has 0 aromatic heterocycles. The number of halogens is 2. The summed E-state index contributed by atoms with van der Waals surface area (Å²) in [5.41, 5.74) is 6.32. The SMILES string of the molecule is CC(N)c1c(F)cc(F)c2c1OCC2. The molecule has 0 spiro atoms. The van der Waals surface area contributed by atoms with Gasteiger partial charge >= 0.3 is 0 Å². The Labute approximate surface area is 80.7 Å². The molecule has 76 valence electrons. The van der Waals surface area contributed by atoms with Crippen molar-refractivity contribution in [3.63, 3.8) is 0 Å². The Balaban J connectivity index is 2.66. The topological polar surface area (TPSA) is 35.2 Å². The quantitative estimate of drug-likeness (QED) is 0.749. The Morgan fingerprint density at radius 2 is 2.14 bits per heavy atom. The molecule has 0 saturated carbocycles. The van der Waals surface area contributed by atoms with E-state index in [1.54, 1.807) is 6.92 Å². The third kappa shape index (κ3) is 1.26. The van der Waals surface area contributed by atoms with Crippen LogP contribution in [0, 0.1) is 11.6 Å². The van der Waals surface area contributed by atoms with Gasteiger partial charge < -0.3 is 10.5 Å². The van der Waals surface area contributed by atoms with Crippen LogP contribution in [0.2, 0.25) is 0 Å². The van der Waals surface area contributed by atoms with E-state index in [2.05, 4.69) is 0 Å². The van der Waals surface area contributed by atoms with Gasteiger partial charge in [-0.05, 0) is 6.92 Å². The van der Waals surface area contributed by atoms with Gasteiger partial charge in [-0.1, -0.05) is 0 Å². The highest BCUT2D eigenvalue weighted by Gasteiger charge is 2.25. The van der Waals surface area contributed by atoms with Crippen molar-refractivity contribution >= 4 is 0 Å². The fourth-order valence-electron chi connectivity index (χ4n) is 1.73. The van der Waals surface area contributed by atoms with Gasteiger partial charge in [-0.3, -0.25) is 0 Å². The van der Waals surface area contributed by atoms with Crippen LogP contribution in [-0.2, 0) is 6.42 Å². The zero-order chi connectivity index (χ0) is 10.3. The molecular formula is C10H11F2NO. The Morgan fingerprint density at radius 3 is 2.79 bits per heavy atom. The van der Waals surface area contributed by atoms with E-state index >= 15 is 0 Å². The van der Waals surface area contributed by atoms with E-state index in [1.165, 1.54) is 0 Å². The van der Waals surface area contributed by atoms with Gasteiger partial charge in [-0.25, -0.2) is 8.78 Å². The lowest BCUT2D eigenvalue weighted by molar-refractivity contribution is 0.348. The first-order valence-corrected chi connectivity index (χ1v) is 4.50. The Hall–Kier alpha value is -1.16. The minimum atomic E-state index is -0.627. The predicted molar refractivity (Wildman–Crippen MR) is 48.2 cm³/mol. The summed E-state index contributed by atoms with van der Waals surface area (Å²) >= 11 is 0. The normalized spacial score (nSPS) is 16.3. The summed E-state index contributed by atoms with van der Waals surface area (Å²) in [5, 5.41) is 0. The van der Waals surface area contributed by atoms with Crippen LogP contribution in [0.25, 0.3) is 0 Å². The van der Waals surface area contributed by atoms with Crippen LogP contribution in [0.3, 0.4) is 0 Å². The van der Waals surface area contributed by atoms with E-state index in [-0.39, 0.29) is 5.56 Å². The van der Waals surface area contributed by atoms with Gasteiger partial charge in [-0.15, -0.1) is 0 Å². The molecule has 1 atom stereocenters. The van der Waals surface area contributed by atoms with Gasteiger partial charge in [0.1, 0.15) is 17.4 Å².